The fraction of sp³-hybridized carbons (Fsp3) is 0.364. The topological polar surface area (TPSA) is 94.0 Å². The first kappa shape index (κ1) is 10.2. The number of nitrogens with zero attached hydrogens (tertiary/aromatic N) is 3. The molecule has 0 bridgehead atoms. The summed E-state index contributed by atoms with van der Waals surface area (Å²) in [7, 11) is 0. The van der Waals surface area contributed by atoms with Gasteiger partial charge in [0.15, 0.2) is 5.65 Å². The number of fused-ring (bicyclic) bond motifs is 1. The average molecular weight is 232 g/mol. The first-order chi connectivity index (χ1) is 8.18. The van der Waals surface area contributed by atoms with Gasteiger partial charge in [-0.05, 0) is 18.9 Å². The van der Waals surface area contributed by atoms with E-state index in [1.165, 1.54) is 0 Å². The van der Waals surface area contributed by atoms with E-state index in [-0.39, 0.29) is 0 Å². The second-order valence-electron chi connectivity index (χ2n) is 4.27. The highest BCUT2D eigenvalue weighted by Gasteiger charge is 2.27. The summed E-state index contributed by atoms with van der Waals surface area (Å²) in [5, 5.41) is 8.94. The molecule has 1 aliphatic rings. The summed E-state index contributed by atoms with van der Waals surface area (Å²) in [6.45, 7) is 0. The minimum Gasteiger partial charge on any atom is -0.480 e. The number of imidazole rings is 1. The van der Waals surface area contributed by atoms with Crippen LogP contribution >= 0.6 is 0 Å². The highest BCUT2D eigenvalue weighted by molar-refractivity contribution is 5.84. The molecule has 0 aliphatic heterocycles. The maximum Gasteiger partial charge on any atom is 0.325 e. The van der Waals surface area contributed by atoms with Gasteiger partial charge in [-0.25, -0.2) is 9.97 Å². The van der Waals surface area contributed by atoms with Crippen molar-refractivity contribution in [3.8, 4) is 0 Å². The van der Waals surface area contributed by atoms with Gasteiger partial charge >= 0.3 is 5.97 Å². The summed E-state index contributed by atoms with van der Waals surface area (Å²) in [4.78, 5) is 19.4. The number of carboxylic acid groups (broad SMARTS) is 1. The molecule has 17 heavy (non-hydrogen) atoms. The lowest BCUT2D eigenvalue weighted by Crippen LogP contribution is -2.21. The summed E-state index contributed by atoms with van der Waals surface area (Å²) in [5.74, 6) is -1.06. The first-order valence-electron chi connectivity index (χ1n) is 5.48. The monoisotopic (exact) mass is 232 g/mol. The highest BCUT2D eigenvalue weighted by Crippen LogP contribution is 2.37. The van der Waals surface area contributed by atoms with Crippen molar-refractivity contribution in [2.75, 3.05) is 0 Å². The van der Waals surface area contributed by atoms with Gasteiger partial charge in [-0.15, -0.1) is 0 Å². The molecule has 2 aromatic heterocycles. The molecule has 1 aliphatic carbocycles. The van der Waals surface area contributed by atoms with E-state index in [1.807, 2.05) is 4.57 Å². The van der Waals surface area contributed by atoms with Gasteiger partial charge in [-0.2, -0.15) is 0 Å². The van der Waals surface area contributed by atoms with Gasteiger partial charge in [0.2, 0.25) is 0 Å². The van der Waals surface area contributed by atoms with E-state index in [0.29, 0.717) is 17.1 Å². The van der Waals surface area contributed by atoms with Crippen LogP contribution in [0.3, 0.4) is 0 Å². The van der Waals surface area contributed by atoms with Gasteiger partial charge in [-0.3, -0.25) is 4.79 Å². The molecule has 1 fully saturated rings. The van der Waals surface area contributed by atoms with Crippen LogP contribution in [0.15, 0.2) is 18.6 Å². The number of hydrogen-bond acceptors (Lipinski definition) is 4. The van der Waals surface area contributed by atoms with Crippen LogP contribution in [0.4, 0.5) is 0 Å². The number of carbonyl (C=O) groups is 1. The number of aromatic nitrogens is 3. The Bertz CT molecular complexity index is 588. The van der Waals surface area contributed by atoms with Gasteiger partial charge < -0.3 is 15.4 Å². The Morgan fingerprint density at radius 3 is 2.94 bits per heavy atom. The van der Waals surface area contributed by atoms with Crippen molar-refractivity contribution in [2.45, 2.75) is 24.9 Å². The Morgan fingerprint density at radius 2 is 2.29 bits per heavy atom. The lowest BCUT2D eigenvalue weighted by Gasteiger charge is -2.07. The summed E-state index contributed by atoms with van der Waals surface area (Å²) in [5.41, 5.74) is 7.46. The van der Waals surface area contributed by atoms with Gasteiger partial charge in [0.1, 0.15) is 11.6 Å². The molecule has 0 spiro atoms. The zero-order chi connectivity index (χ0) is 12.0. The first-order valence-corrected chi connectivity index (χ1v) is 5.48. The van der Waals surface area contributed by atoms with Crippen molar-refractivity contribution in [1.82, 2.24) is 14.5 Å². The predicted octanol–water partition coefficient (Wildman–Crippen LogP) is 0.851. The van der Waals surface area contributed by atoms with E-state index < -0.39 is 12.0 Å². The molecular weight excluding hydrogens is 220 g/mol. The van der Waals surface area contributed by atoms with Crippen LogP contribution in [0.1, 0.15) is 30.5 Å². The molecule has 0 radical (unpaired) electrons. The third-order valence-electron chi connectivity index (χ3n) is 3.03. The molecule has 6 heteroatoms. The molecule has 1 unspecified atom stereocenters. The van der Waals surface area contributed by atoms with E-state index in [2.05, 4.69) is 9.97 Å². The SMILES string of the molecule is NC(C(=O)O)c1ccnc2c1ncn2C1CC1. The lowest BCUT2D eigenvalue weighted by atomic mass is 10.1. The van der Waals surface area contributed by atoms with Crippen LogP contribution in [0.25, 0.3) is 11.2 Å². The fourth-order valence-corrected chi connectivity index (χ4v) is 1.96. The number of pyridine rings is 1. The molecule has 0 amide bonds. The zero-order valence-corrected chi connectivity index (χ0v) is 9.08. The van der Waals surface area contributed by atoms with Crippen LogP contribution < -0.4 is 5.73 Å². The normalized spacial score (nSPS) is 17.2. The highest BCUT2D eigenvalue weighted by atomic mass is 16.4. The summed E-state index contributed by atoms with van der Waals surface area (Å²) in [6.07, 6.45) is 5.55. The van der Waals surface area contributed by atoms with Gasteiger partial charge in [0.05, 0.1) is 6.33 Å². The summed E-state index contributed by atoms with van der Waals surface area (Å²) < 4.78 is 1.99. The number of rotatable bonds is 3. The van der Waals surface area contributed by atoms with E-state index in [4.69, 9.17) is 10.8 Å². The van der Waals surface area contributed by atoms with Crippen LogP contribution in [0, 0.1) is 0 Å². The number of aliphatic carboxylic acids is 1. The van der Waals surface area contributed by atoms with Crippen molar-refractivity contribution in [3.63, 3.8) is 0 Å². The molecular formula is C11H12N4O2. The third kappa shape index (κ3) is 1.57. The Labute approximate surface area is 97.1 Å². The molecule has 0 aromatic carbocycles. The van der Waals surface area contributed by atoms with Crippen molar-refractivity contribution in [3.05, 3.63) is 24.2 Å². The quantitative estimate of drug-likeness (QED) is 0.818. The van der Waals surface area contributed by atoms with Crippen LogP contribution in [-0.2, 0) is 4.79 Å². The minimum atomic E-state index is -1.06. The Kier molecular flexibility index (Phi) is 2.12. The number of carboxylic acids is 1. The van der Waals surface area contributed by atoms with Crippen LogP contribution in [0.2, 0.25) is 0 Å². The zero-order valence-electron chi connectivity index (χ0n) is 9.08. The second-order valence-corrected chi connectivity index (χ2v) is 4.27. The largest absolute Gasteiger partial charge is 0.480 e. The van der Waals surface area contributed by atoms with E-state index in [9.17, 15) is 4.79 Å². The smallest absolute Gasteiger partial charge is 0.325 e. The van der Waals surface area contributed by atoms with Crippen molar-refractivity contribution < 1.29 is 9.90 Å². The van der Waals surface area contributed by atoms with Crippen molar-refractivity contribution >= 4 is 17.1 Å². The Balaban J connectivity index is 2.16. The second kappa shape index (κ2) is 3.53. The molecule has 3 rings (SSSR count). The predicted molar refractivity (Wildman–Crippen MR) is 60.4 cm³/mol. The summed E-state index contributed by atoms with van der Waals surface area (Å²) in [6, 6.07) is 1.03. The molecule has 3 N–H and O–H groups in total. The Morgan fingerprint density at radius 1 is 1.53 bits per heavy atom. The summed E-state index contributed by atoms with van der Waals surface area (Å²) >= 11 is 0. The minimum absolute atomic E-state index is 0.462. The number of hydrogen-bond donors (Lipinski definition) is 2. The average Bonchev–Trinajstić information content (AvgIpc) is 3.07. The van der Waals surface area contributed by atoms with Gasteiger partial charge in [0, 0.05) is 17.8 Å². The number of nitrogens with two attached hydrogens (primary N) is 1. The van der Waals surface area contributed by atoms with E-state index in [0.717, 1.165) is 18.5 Å². The molecule has 2 heterocycles. The van der Waals surface area contributed by atoms with Crippen LogP contribution in [-0.4, -0.2) is 25.6 Å². The van der Waals surface area contributed by atoms with Gasteiger partial charge in [-0.1, -0.05) is 0 Å². The van der Waals surface area contributed by atoms with Crippen molar-refractivity contribution in [2.24, 2.45) is 5.73 Å². The molecule has 6 nitrogen and oxygen atoms in total. The fourth-order valence-electron chi connectivity index (χ4n) is 1.96. The standard InChI is InChI=1S/C11H12N4O2/c12-8(11(16)17)7-3-4-13-10-9(7)14-5-15(10)6-1-2-6/h3-6,8H,1-2,12H2,(H,16,17). The van der Waals surface area contributed by atoms with E-state index in [1.54, 1.807) is 18.6 Å². The molecule has 1 saturated carbocycles. The molecule has 2 aromatic rings. The third-order valence-corrected chi connectivity index (χ3v) is 3.03. The molecule has 1 atom stereocenters. The van der Waals surface area contributed by atoms with E-state index >= 15 is 0 Å². The van der Waals surface area contributed by atoms with Crippen LogP contribution in [0.5, 0.6) is 0 Å². The maximum atomic E-state index is 10.9. The molecule has 88 valence electrons. The van der Waals surface area contributed by atoms with Gasteiger partial charge in [0.25, 0.3) is 0 Å². The lowest BCUT2D eigenvalue weighted by molar-refractivity contribution is -0.138. The van der Waals surface area contributed by atoms with Crippen molar-refractivity contribution in [1.29, 1.82) is 0 Å². The maximum absolute atomic E-state index is 10.9. The molecule has 0 saturated heterocycles. The Hall–Kier alpha value is -1.95.